The fourth-order valence-electron chi connectivity index (χ4n) is 3.86. The lowest BCUT2D eigenvalue weighted by molar-refractivity contribution is 0.719. The summed E-state index contributed by atoms with van der Waals surface area (Å²) in [6, 6.07) is 4.49. The lowest BCUT2D eigenvalue weighted by Crippen LogP contribution is -2.22. The third-order valence-electron chi connectivity index (χ3n) is 5.40. The van der Waals surface area contributed by atoms with Crippen LogP contribution in [0.3, 0.4) is 0 Å². The number of rotatable bonds is 5. The summed E-state index contributed by atoms with van der Waals surface area (Å²) in [4.78, 5) is 29.9. The van der Waals surface area contributed by atoms with Gasteiger partial charge >= 0.3 is 0 Å². The second kappa shape index (κ2) is 7.58. The van der Waals surface area contributed by atoms with E-state index in [1.165, 1.54) is 0 Å². The van der Waals surface area contributed by atoms with Crippen LogP contribution in [0.5, 0.6) is 0 Å². The number of anilines is 2. The first-order valence-corrected chi connectivity index (χ1v) is 9.98. The van der Waals surface area contributed by atoms with Gasteiger partial charge in [0.05, 0.1) is 30.0 Å². The van der Waals surface area contributed by atoms with E-state index in [4.69, 9.17) is 0 Å². The summed E-state index contributed by atoms with van der Waals surface area (Å²) in [7, 11) is 0. The van der Waals surface area contributed by atoms with Crippen LogP contribution in [-0.2, 0) is 0 Å². The van der Waals surface area contributed by atoms with Crippen LogP contribution in [0.25, 0.3) is 11.3 Å². The van der Waals surface area contributed by atoms with Gasteiger partial charge in [0.1, 0.15) is 11.6 Å². The zero-order chi connectivity index (χ0) is 20.5. The van der Waals surface area contributed by atoms with Crippen molar-refractivity contribution < 1.29 is 0 Å². The van der Waals surface area contributed by atoms with E-state index in [1.807, 2.05) is 19.1 Å². The highest BCUT2D eigenvalue weighted by Gasteiger charge is 2.25. The fourth-order valence-corrected chi connectivity index (χ4v) is 3.86. The van der Waals surface area contributed by atoms with Crippen molar-refractivity contribution in [1.29, 1.82) is 0 Å². The molecule has 0 saturated heterocycles. The maximum Gasteiger partial charge on any atom is 0.298 e. The molecule has 0 aliphatic heterocycles. The van der Waals surface area contributed by atoms with Crippen molar-refractivity contribution >= 4 is 17.3 Å². The molecule has 0 spiro atoms. The molecule has 0 aromatic carbocycles. The Morgan fingerprint density at radius 2 is 1.70 bits per heavy atom. The minimum absolute atomic E-state index is 0.172. The molecule has 9 nitrogen and oxygen atoms in total. The Bertz CT molecular complexity index is 1210. The average molecular weight is 402 g/mol. The molecule has 30 heavy (non-hydrogen) atoms. The van der Waals surface area contributed by atoms with Gasteiger partial charge in [-0.25, -0.2) is 15.0 Å². The van der Waals surface area contributed by atoms with Crippen molar-refractivity contribution in [3.05, 3.63) is 71.6 Å². The van der Waals surface area contributed by atoms with Gasteiger partial charge in [0.15, 0.2) is 0 Å². The maximum atomic E-state index is 12.6. The summed E-state index contributed by atoms with van der Waals surface area (Å²) >= 11 is 0. The highest BCUT2D eigenvalue weighted by molar-refractivity contribution is 5.44. The summed E-state index contributed by atoms with van der Waals surface area (Å²) in [5, 5.41) is 6.95. The van der Waals surface area contributed by atoms with Crippen molar-refractivity contribution in [2.45, 2.75) is 38.3 Å². The van der Waals surface area contributed by atoms with Crippen LogP contribution in [0.2, 0.25) is 0 Å². The molecule has 152 valence electrons. The molecule has 0 amide bonds. The summed E-state index contributed by atoms with van der Waals surface area (Å²) in [5.74, 6) is 1.61. The molecule has 2 N–H and O–H groups in total. The molecular weight excluding hydrogens is 380 g/mol. The van der Waals surface area contributed by atoms with Crippen LogP contribution >= 0.6 is 0 Å². The molecule has 4 aromatic heterocycles. The Kier molecular flexibility index (Phi) is 4.62. The molecule has 1 fully saturated rings. The number of nitrogens with one attached hydrogen (secondary N) is 2. The zero-order valence-corrected chi connectivity index (χ0v) is 16.6. The Morgan fingerprint density at radius 3 is 2.43 bits per heavy atom. The quantitative estimate of drug-likeness (QED) is 0.528. The number of hydrogen-bond donors (Lipinski definition) is 2. The lowest BCUT2D eigenvalue weighted by Gasteiger charge is -2.16. The van der Waals surface area contributed by atoms with Gasteiger partial charge in [0, 0.05) is 36.9 Å². The molecule has 1 aliphatic rings. The second-order valence-corrected chi connectivity index (χ2v) is 7.57. The molecule has 1 saturated carbocycles. The van der Waals surface area contributed by atoms with Crippen LogP contribution in [0.15, 0.2) is 60.3 Å². The largest absolute Gasteiger partial charge is 0.367 e. The van der Waals surface area contributed by atoms with Crippen LogP contribution in [0.4, 0.5) is 11.6 Å². The van der Waals surface area contributed by atoms with Gasteiger partial charge in [-0.15, -0.1) is 0 Å². The standard InChI is InChI=1S/C21H22N8O/c1-14-11-24-19(13-23-14)27-16-3-2-15(10-16)26-18-5-4-17(12-25-18)29-9-8-28-7-6-22-20(28)21(29)30/h4-9,11-13,15-16H,2-3,10H2,1H3,(H,24,27)(H,25,26)/t15-,16-/m0/s1. The Morgan fingerprint density at radius 1 is 0.900 bits per heavy atom. The zero-order valence-electron chi connectivity index (χ0n) is 16.6. The molecule has 5 rings (SSSR count). The van der Waals surface area contributed by atoms with E-state index >= 15 is 0 Å². The van der Waals surface area contributed by atoms with Crippen LogP contribution in [0, 0.1) is 6.92 Å². The third-order valence-corrected chi connectivity index (χ3v) is 5.40. The lowest BCUT2D eigenvalue weighted by atomic mass is 10.2. The number of pyridine rings is 1. The van der Waals surface area contributed by atoms with Crippen LogP contribution in [-0.4, -0.2) is 41.0 Å². The summed E-state index contributed by atoms with van der Waals surface area (Å²) < 4.78 is 3.26. The maximum absolute atomic E-state index is 12.6. The first-order chi connectivity index (χ1) is 14.7. The minimum atomic E-state index is -0.172. The average Bonchev–Trinajstić information content (AvgIpc) is 3.41. The van der Waals surface area contributed by atoms with Crippen molar-refractivity contribution in [1.82, 2.24) is 28.9 Å². The number of imidazole rings is 1. The molecule has 9 heteroatoms. The predicted molar refractivity (Wildman–Crippen MR) is 114 cm³/mol. The number of nitrogens with zero attached hydrogens (tertiary/aromatic N) is 6. The molecular formula is C21H22N8O. The Labute approximate surface area is 172 Å². The highest BCUT2D eigenvalue weighted by Crippen LogP contribution is 2.25. The second-order valence-electron chi connectivity index (χ2n) is 7.57. The normalized spacial score (nSPS) is 18.6. The minimum Gasteiger partial charge on any atom is -0.367 e. The van der Waals surface area contributed by atoms with Crippen LogP contribution < -0.4 is 16.2 Å². The van der Waals surface area contributed by atoms with Gasteiger partial charge in [-0.05, 0) is 38.3 Å². The highest BCUT2D eigenvalue weighted by atomic mass is 16.1. The van der Waals surface area contributed by atoms with E-state index < -0.39 is 0 Å². The predicted octanol–water partition coefficient (Wildman–Crippen LogP) is 2.42. The molecule has 4 heterocycles. The SMILES string of the molecule is Cc1cnc(N[C@H]2CC[C@H](Nc3ccc(-n4ccn5ccnc5c4=O)cn3)C2)cn1. The van der Waals surface area contributed by atoms with Gasteiger partial charge in [0.2, 0.25) is 5.65 Å². The van der Waals surface area contributed by atoms with Gasteiger partial charge in [-0.1, -0.05) is 0 Å². The number of aromatic nitrogens is 6. The smallest absolute Gasteiger partial charge is 0.298 e. The van der Waals surface area contributed by atoms with E-state index in [0.717, 1.165) is 36.6 Å². The van der Waals surface area contributed by atoms with Gasteiger partial charge in [0.25, 0.3) is 5.56 Å². The Balaban J connectivity index is 1.23. The van der Waals surface area contributed by atoms with Crippen molar-refractivity contribution in [2.75, 3.05) is 10.6 Å². The van der Waals surface area contributed by atoms with E-state index in [9.17, 15) is 4.79 Å². The number of hydrogen-bond acceptors (Lipinski definition) is 7. The van der Waals surface area contributed by atoms with Gasteiger partial charge < -0.3 is 15.0 Å². The summed E-state index contributed by atoms with van der Waals surface area (Å²) in [6.07, 6.45) is 15.2. The van der Waals surface area contributed by atoms with E-state index in [0.29, 0.717) is 23.4 Å². The molecule has 1 aliphatic carbocycles. The molecule has 0 radical (unpaired) electrons. The number of fused-ring (bicyclic) bond motifs is 1. The summed E-state index contributed by atoms with van der Waals surface area (Å²) in [6.45, 7) is 1.93. The van der Waals surface area contributed by atoms with Crippen LogP contribution in [0.1, 0.15) is 25.0 Å². The van der Waals surface area contributed by atoms with Crippen molar-refractivity contribution in [2.24, 2.45) is 0 Å². The van der Waals surface area contributed by atoms with E-state index in [-0.39, 0.29) is 5.56 Å². The van der Waals surface area contributed by atoms with Gasteiger partial charge in [-0.2, -0.15) is 0 Å². The Hall–Kier alpha value is -3.75. The first-order valence-electron chi connectivity index (χ1n) is 9.98. The fraction of sp³-hybridized carbons (Fsp3) is 0.286. The third kappa shape index (κ3) is 3.61. The topological polar surface area (TPSA) is 102 Å². The van der Waals surface area contributed by atoms with E-state index in [2.05, 4.69) is 30.6 Å². The summed E-state index contributed by atoms with van der Waals surface area (Å²) in [5.41, 5.74) is 1.84. The van der Waals surface area contributed by atoms with Gasteiger partial charge in [-0.3, -0.25) is 14.3 Å². The van der Waals surface area contributed by atoms with E-state index in [1.54, 1.807) is 52.3 Å². The monoisotopic (exact) mass is 402 g/mol. The molecule has 0 bridgehead atoms. The number of aryl methyl sites for hydroxylation is 1. The molecule has 4 aromatic rings. The molecule has 2 atom stereocenters. The molecule has 0 unspecified atom stereocenters. The van der Waals surface area contributed by atoms with Crippen molar-refractivity contribution in [3.8, 4) is 5.69 Å². The van der Waals surface area contributed by atoms with Crippen molar-refractivity contribution in [3.63, 3.8) is 0 Å². The first kappa shape index (κ1) is 18.3.